The van der Waals surface area contributed by atoms with Crippen molar-refractivity contribution < 1.29 is 0 Å². The molecule has 0 saturated heterocycles. The van der Waals surface area contributed by atoms with Crippen LogP contribution in [0.15, 0.2) is 18.2 Å². The van der Waals surface area contributed by atoms with Crippen molar-refractivity contribution in [2.45, 2.75) is 38.6 Å². The lowest BCUT2D eigenvalue weighted by Gasteiger charge is -2.23. The van der Waals surface area contributed by atoms with E-state index in [0.29, 0.717) is 5.88 Å². The minimum atomic E-state index is 0.650. The zero-order valence-electron chi connectivity index (χ0n) is 12.1. The van der Waals surface area contributed by atoms with Gasteiger partial charge in [-0.05, 0) is 77.8 Å². The highest BCUT2D eigenvalue weighted by atomic mass is 127. The molecule has 4 heteroatoms. The Kier molecular flexibility index (Phi) is 3.90. The van der Waals surface area contributed by atoms with Crippen LogP contribution in [-0.4, -0.2) is 15.4 Å². The third-order valence-corrected chi connectivity index (χ3v) is 6.27. The quantitative estimate of drug-likeness (QED) is 0.516. The van der Waals surface area contributed by atoms with Gasteiger partial charge in [0, 0.05) is 22.4 Å². The van der Waals surface area contributed by atoms with Crippen LogP contribution in [0.25, 0.3) is 11.0 Å². The Labute approximate surface area is 144 Å². The summed E-state index contributed by atoms with van der Waals surface area (Å²) in [6.45, 7) is 1.14. The number of rotatable bonds is 4. The fourth-order valence-electron chi connectivity index (χ4n) is 4.47. The number of hydrogen-bond acceptors (Lipinski definition) is 1. The van der Waals surface area contributed by atoms with E-state index >= 15 is 0 Å². The van der Waals surface area contributed by atoms with E-state index in [-0.39, 0.29) is 0 Å². The molecule has 1 aromatic heterocycles. The molecule has 0 aliphatic heterocycles. The van der Waals surface area contributed by atoms with Crippen LogP contribution in [0.3, 0.4) is 0 Å². The maximum atomic E-state index is 5.99. The molecular formula is C17H20ClIN2. The Morgan fingerprint density at radius 3 is 2.90 bits per heavy atom. The van der Waals surface area contributed by atoms with Crippen LogP contribution >= 0.6 is 34.2 Å². The number of halogens is 2. The molecule has 2 nitrogen and oxygen atoms in total. The van der Waals surface area contributed by atoms with Gasteiger partial charge in [0.05, 0.1) is 11.0 Å². The molecule has 1 heterocycles. The molecule has 0 spiro atoms. The summed E-state index contributed by atoms with van der Waals surface area (Å²) in [5.74, 6) is 4.64. The average molecular weight is 415 g/mol. The number of imidazole rings is 1. The maximum Gasteiger partial charge on any atom is 0.111 e. The number of alkyl halides is 1. The van der Waals surface area contributed by atoms with E-state index in [2.05, 4.69) is 45.4 Å². The fraction of sp³-hybridized carbons (Fsp3) is 0.588. The van der Waals surface area contributed by atoms with Crippen molar-refractivity contribution >= 4 is 45.2 Å². The fourth-order valence-corrected chi connectivity index (χ4v) is 5.11. The van der Waals surface area contributed by atoms with Crippen molar-refractivity contribution in [2.24, 2.45) is 17.8 Å². The van der Waals surface area contributed by atoms with Crippen molar-refractivity contribution in [3.8, 4) is 0 Å². The second-order valence-corrected chi connectivity index (χ2v) is 8.27. The molecule has 21 heavy (non-hydrogen) atoms. The van der Waals surface area contributed by atoms with Gasteiger partial charge in [0.2, 0.25) is 0 Å². The normalized spacial score (nSPS) is 27.8. The van der Waals surface area contributed by atoms with E-state index in [1.54, 1.807) is 0 Å². The van der Waals surface area contributed by atoms with Crippen molar-refractivity contribution in [2.75, 3.05) is 5.88 Å². The summed E-state index contributed by atoms with van der Waals surface area (Å²) in [5.41, 5.74) is 2.42. The monoisotopic (exact) mass is 414 g/mol. The van der Waals surface area contributed by atoms with Gasteiger partial charge >= 0.3 is 0 Å². The molecule has 0 radical (unpaired) electrons. The van der Waals surface area contributed by atoms with Crippen LogP contribution in [0.4, 0.5) is 0 Å². The molecule has 1 aromatic carbocycles. The SMILES string of the molecule is ClCCc1nc2cc(I)ccc2n1CC1CC2CCC1C2. The van der Waals surface area contributed by atoms with E-state index in [1.807, 2.05) is 0 Å². The third kappa shape index (κ3) is 2.61. The minimum Gasteiger partial charge on any atom is -0.328 e. The molecule has 2 aliphatic rings. The second-order valence-electron chi connectivity index (χ2n) is 6.65. The topological polar surface area (TPSA) is 17.8 Å². The van der Waals surface area contributed by atoms with Gasteiger partial charge in [0.25, 0.3) is 0 Å². The van der Waals surface area contributed by atoms with Crippen LogP contribution in [0, 0.1) is 21.3 Å². The highest BCUT2D eigenvalue weighted by molar-refractivity contribution is 14.1. The summed E-state index contributed by atoms with van der Waals surface area (Å²) in [5, 5.41) is 0. The van der Waals surface area contributed by atoms with Gasteiger partial charge in [-0.2, -0.15) is 0 Å². The molecule has 2 aliphatic carbocycles. The van der Waals surface area contributed by atoms with Crippen LogP contribution < -0.4 is 0 Å². The average Bonchev–Trinajstić information content (AvgIpc) is 3.14. The number of fused-ring (bicyclic) bond motifs is 3. The highest BCUT2D eigenvalue weighted by Gasteiger charge is 2.39. The maximum absolute atomic E-state index is 5.99. The van der Waals surface area contributed by atoms with E-state index in [9.17, 15) is 0 Å². The van der Waals surface area contributed by atoms with Gasteiger partial charge in [-0.25, -0.2) is 4.98 Å². The van der Waals surface area contributed by atoms with Gasteiger partial charge < -0.3 is 4.57 Å². The second kappa shape index (κ2) is 5.73. The number of nitrogens with zero attached hydrogens (tertiary/aromatic N) is 2. The molecule has 2 fully saturated rings. The molecule has 112 valence electrons. The Hall–Kier alpha value is -0.290. The lowest BCUT2D eigenvalue weighted by Crippen LogP contribution is -2.19. The predicted molar refractivity (Wildman–Crippen MR) is 95.8 cm³/mol. The molecular weight excluding hydrogens is 395 g/mol. The lowest BCUT2D eigenvalue weighted by molar-refractivity contribution is 0.296. The lowest BCUT2D eigenvalue weighted by atomic mass is 9.88. The molecule has 0 amide bonds. The predicted octanol–water partition coefficient (Wildman–Crippen LogP) is 4.86. The van der Waals surface area contributed by atoms with Crippen molar-refractivity contribution in [3.05, 3.63) is 27.6 Å². The van der Waals surface area contributed by atoms with Crippen LogP contribution in [-0.2, 0) is 13.0 Å². The van der Waals surface area contributed by atoms with Gasteiger partial charge in [0.1, 0.15) is 5.82 Å². The Balaban J connectivity index is 1.70. The van der Waals surface area contributed by atoms with Gasteiger partial charge in [-0.1, -0.05) is 6.42 Å². The van der Waals surface area contributed by atoms with Crippen LogP contribution in [0.2, 0.25) is 0 Å². The molecule has 4 rings (SSSR count). The van der Waals surface area contributed by atoms with Crippen LogP contribution in [0.1, 0.15) is 31.5 Å². The molecule has 0 N–H and O–H groups in total. The van der Waals surface area contributed by atoms with Crippen molar-refractivity contribution in [3.63, 3.8) is 0 Å². The van der Waals surface area contributed by atoms with E-state index in [0.717, 1.165) is 36.2 Å². The molecule has 2 aromatic rings. The highest BCUT2D eigenvalue weighted by Crippen LogP contribution is 2.49. The zero-order valence-corrected chi connectivity index (χ0v) is 15.0. The number of hydrogen-bond donors (Lipinski definition) is 0. The first kappa shape index (κ1) is 14.3. The zero-order chi connectivity index (χ0) is 14.4. The summed E-state index contributed by atoms with van der Waals surface area (Å²) in [7, 11) is 0. The van der Waals surface area contributed by atoms with E-state index in [4.69, 9.17) is 16.6 Å². The Bertz CT molecular complexity index is 666. The number of benzene rings is 1. The van der Waals surface area contributed by atoms with Gasteiger partial charge in [0.15, 0.2) is 0 Å². The largest absolute Gasteiger partial charge is 0.328 e. The first-order chi connectivity index (χ1) is 10.2. The summed E-state index contributed by atoms with van der Waals surface area (Å²) >= 11 is 8.35. The molecule has 2 saturated carbocycles. The number of aryl methyl sites for hydroxylation is 1. The summed E-state index contributed by atoms with van der Waals surface area (Å²) in [6.07, 6.45) is 6.69. The minimum absolute atomic E-state index is 0.650. The number of aromatic nitrogens is 2. The molecule has 3 unspecified atom stereocenters. The Morgan fingerprint density at radius 2 is 2.19 bits per heavy atom. The first-order valence-electron chi connectivity index (χ1n) is 7.95. The molecule has 2 bridgehead atoms. The Morgan fingerprint density at radius 1 is 1.29 bits per heavy atom. The van der Waals surface area contributed by atoms with E-state index in [1.165, 1.54) is 40.6 Å². The van der Waals surface area contributed by atoms with Crippen molar-refractivity contribution in [1.82, 2.24) is 9.55 Å². The summed E-state index contributed by atoms with van der Waals surface area (Å²) in [6, 6.07) is 6.60. The summed E-state index contributed by atoms with van der Waals surface area (Å²) in [4.78, 5) is 4.84. The van der Waals surface area contributed by atoms with Gasteiger partial charge in [-0.3, -0.25) is 0 Å². The van der Waals surface area contributed by atoms with Gasteiger partial charge in [-0.15, -0.1) is 11.6 Å². The smallest absolute Gasteiger partial charge is 0.111 e. The van der Waals surface area contributed by atoms with Crippen LogP contribution in [0.5, 0.6) is 0 Å². The standard InChI is InChI=1S/C17H20ClIN2/c18-6-5-17-20-15-9-14(19)3-4-16(15)21(17)10-13-8-11-1-2-12(13)7-11/h3-4,9,11-13H,1-2,5-8,10H2. The molecule has 3 atom stereocenters. The van der Waals surface area contributed by atoms with Crippen molar-refractivity contribution in [1.29, 1.82) is 0 Å². The van der Waals surface area contributed by atoms with E-state index < -0.39 is 0 Å². The first-order valence-corrected chi connectivity index (χ1v) is 9.56. The third-order valence-electron chi connectivity index (χ3n) is 5.41. The summed E-state index contributed by atoms with van der Waals surface area (Å²) < 4.78 is 3.71.